The number of methoxy groups -OCH3 is 1. The maximum absolute atomic E-state index is 13.4. The van der Waals surface area contributed by atoms with Crippen molar-refractivity contribution in [2.75, 3.05) is 7.11 Å². The van der Waals surface area contributed by atoms with Crippen LogP contribution < -0.4 is 14.2 Å². The smallest absolute Gasteiger partial charge is 0.496 e. The van der Waals surface area contributed by atoms with Crippen LogP contribution >= 0.6 is 0 Å². The van der Waals surface area contributed by atoms with E-state index in [1.807, 2.05) is 4.57 Å². The van der Waals surface area contributed by atoms with Crippen LogP contribution in [-0.4, -0.2) is 42.7 Å². The number of hydrogen-bond acceptors (Lipinski definition) is 6. The number of ether oxygens (including phenoxy) is 2. The number of aromatic nitrogens is 3. The molecule has 0 spiro atoms. The number of alkyl halides is 3. The van der Waals surface area contributed by atoms with Gasteiger partial charge < -0.3 is 14.0 Å². The molecule has 2 aromatic carbocycles. The summed E-state index contributed by atoms with van der Waals surface area (Å²) in [6, 6.07) is 8.40. The van der Waals surface area contributed by atoms with Gasteiger partial charge in [-0.2, -0.15) is 0 Å². The molecule has 0 saturated heterocycles. The number of hydrogen-bond donors (Lipinski definition) is 1. The topological polar surface area (TPSA) is 95.3 Å². The summed E-state index contributed by atoms with van der Waals surface area (Å²) in [6.45, 7) is 1.79. The van der Waals surface area contributed by atoms with Crippen molar-refractivity contribution >= 4 is 10.0 Å². The first-order valence-corrected chi connectivity index (χ1v) is 13.0. The number of aryl methyl sites for hydroxylation is 1. The second kappa shape index (κ2) is 10.5. The zero-order valence-corrected chi connectivity index (χ0v) is 20.6. The van der Waals surface area contributed by atoms with Gasteiger partial charge in [0.25, 0.3) is 0 Å². The van der Waals surface area contributed by atoms with E-state index in [0.29, 0.717) is 30.4 Å². The van der Waals surface area contributed by atoms with Crippen molar-refractivity contribution in [3.05, 3.63) is 54.6 Å². The summed E-state index contributed by atoms with van der Waals surface area (Å²) >= 11 is 0. The van der Waals surface area contributed by atoms with Crippen molar-refractivity contribution < 1.29 is 31.1 Å². The van der Waals surface area contributed by atoms with Crippen molar-refractivity contribution in [3.63, 3.8) is 0 Å². The first kappa shape index (κ1) is 26.0. The van der Waals surface area contributed by atoms with Crippen LogP contribution in [0.4, 0.5) is 13.2 Å². The highest BCUT2D eigenvalue weighted by molar-refractivity contribution is 7.89. The summed E-state index contributed by atoms with van der Waals surface area (Å²) in [4.78, 5) is 0.0911. The minimum atomic E-state index is -4.90. The van der Waals surface area contributed by atoms with E-state index in [9.17, 15) is 21.6 Å². The SMILES string of the molecule is CCc1cc(-c2c(OC)cccc2OC(F)(F)F)ccc1S(=O)(=O)N[C@H]1CCC[C@@H](n2cnnc2)C1. The average Bonchev–Trinajstić information content (AvgIpc) is 3.37. The Labute approximate surface area is 207 Å². The molecule has 36 heavy (non-hydrogen) atoms. The average molecular weight is 525 g/mol. The van der Waals surface area contributed by atoms with Crippen molar-refractivity contribution in [3.8, 4) is 22.6 Å². The lowest BCUT2D eigenvalue weighted by Gasteiger charge is -2.30. The summed E-state index contributed by atoms with van der Waals surface area (Å²) in [7, 11) is -2.54. The highest BCUT2D eigenvalue weighted by Crippen LogP contribution is 2.41. The Hall–Kier alpha value is -3.12. The van der Waals surface area contributed by atoms with Gasteiger partial charge in [-0.15, -0.1) is 23.4 Å². The molecule has 194 valence electrons. The highest BCUT2D eigenvalue weighted by Gasteiger charge is 2.33. The lowest BCUT2D eigenvalue weighted by molar-refractivity contribution is -0.274. The predicted octanol–water partition coefficient (Wildman–Crippen LogP) is 4.88. The molecule has 0 radical (unpaired) electrons. The van der Waals surface area contributed by atoms with Gasteiger partial charge in [0.2, 0.25) is 10.0 Å². The molecule has 4 rings (SSSR count). The molecular formula is C24H27F3N4O4S. The van der Waals surface area contributed by atoms with Crippen molar-refractivity contribution in [2.24, 2.45) is 0 Å². The lowest BCUT2D eigenvalue weighted by atomic mass is 9.91. The fourth-order valence-electron chi connectivity index (χ4n) is 4.67. The van der Waals surface area contributed by atoms with E-state index in [2.05, 4.69) is 19.7 Å². The van der Waals surface area contributed by atoms with Crippen LogP contribution in [0.5, 0.6) is 11.5 Å². The molecule has 0 amide bonds. The zero-order chi connectivity index (χ0) is 25.9. The molecular weight excluding hydrogens is 497 g/mol. The quantitative estimate of drug-likeness (QED) is 0.452. The van der Waals surface area contributed by atoms with Gasteiger partial charge in [-0.3, -0.25) is 0 Å². The largest absolute Gasteiger partial charge is 0.573 e. The van der Waals surface area contributed by atoms with E-state index >= 15 is 0 Å². The van der Waals surface area contributed by atoms with Gasteiger partial charge >= 0.3 is 6.36 Å². The van der Waals surface area contributed by atoms with Gasteiger partial charge in [0.15, 0.2) is 0 Å². The second-order valence-corrected chi connectivity index (χ2v) is 10.3. The fraction of sp³-hybridized carbons (Fsp3) is 0.417. The Balaban J connectivity index is 1.64. The third-order valence-corrected chi connectivity index (χ3v) is 7.90. The van der Waals surface area contributed by atoms with Gasteiger partial charge in [-0.1, -0.05) is 19.1 Å². The molecule has 1 fully saturated rings. The number of halogens is 3. The van der Waals surface area contributed by atoms with Crippen LogP contribution in [0.15, 0.2) is 53.9 Å². The molecule has 1 saturated carbocycles. The van der Waals surface area contributed by atoms with E-state index in [-0.39, 0.29) is 28.3 Å². The second-order valence-electron chi connectivity index (χ2n) is 8.61. The van der Waals surface area contributed by atoms with Crippen LogP contribution in [0.1, 0.15) is 44.2 Å². The van der Waals surface area contributed by atoms with E-state index in [0.717, 1.165) is 12.8 Å². The number of nitrogens with one attached hydrogen (secondary N) is 1. The molecule has 0 aliphatic heterocycles. The fourth-order valence-corrected chi connectivity index (χ4v) is 6.25. The van der Waals surface area contributed by atoms with Gasteiger partial charge in [0.1, 0.15) is 24.2 Å². The number of benzene rings is 2. The molecule has 8 nitrogen and oxygen atoms in total. The van der Waals surface area contributed by atoms with E-state index < -0.39 is 22.1 Å². The minimum absolute atomic E-state index is 0.0907. The van der Waals surface area contributed by atoms with Crippen LogP contribution in [0.3, 0.4) is 0 Å². The Morgan fingerprint density at radius 1 is 1.11 bits per heavy atom. The first-order valence-electron chi connectivity index (χ1n) is 11.5. The molecule has 1 N–H and O–H groups in total. The van der Waals surface area contributed by atoms with Gasteiger partial charge in [0.05, 0.1) is 17.6 Å². The van der Waals surface area contributed by atoms with Crippen molar-refractivity contribution in [1.82, 2.24) is 19.5 Å². The summed E-state index contributed by atoms with van der Waals surface area (Å²) in [6.07, 6.45) is 1.79. The third-order valence-electron chi connectivity index (χ3n) is 6.28. The predicted molar refractivity (Wildman–Crippen MR) is 126 cm³/mol. The minimum Gasteiger partial charge on any atom is -0.496 e. The van der Waals surface area contributed by atoms with Crippen LogP contribution in [0.2, 0.25) is 0 Å². The summed E-state index contributed by atoms with van der Waals surface area (Å²) in [5.41, 5.74) is 0.913. The standard InChI is InChI=1S/C24H27F3N4O4S/c1-3-16-12-17(23-20(34-2)8-5-9-21(23)35-24(25,26)27)10-11-22(16)36(32,33)30-18-6-4-7-19(13-18)31-14-28-29-15-31/h5,8-12,14-15,18-19,30H,3-4,6-7,13H2,1-2H3/t18-,19+/m0/s1. The van der Waals surface area contributed by atoms with Crippen molar-refractivity contribution in [2.45, 2.75) is 62.4 Å². The molecule has 1 heterocycles. The van der Waals surface area contributed by atoms with Crippen molar-refractivity contribution in [1.29, 1.82) is 0 Å². The molecule has 0 bridgehead atoms. The normalized spacial score (nSPS) is 18.7. The molecule has 0 unspecified atom stereocenters. The number of nitrogens with zero attached hydrogens (tertiary/aromatic N) is 3. The third kappa shape index (κ3) is 5.81. The maximum Gasteiger partial charge on any atom is 0.573 e. The van der Waals surface area contributed by atoms with Crippen LogP contribution in [0.25, 0.3) is 11.1 Å². The lowest BCUT2D eigenvalue weighted by Crippen LogP contribution is -2.39. The molecule has 12 heteroatoms. The van der Waals surface area contributed by atoms with E-state index in [1.165, 1.54) is 37.4 Å². The molecule has 1 aliphatic rings. The first-order chi connectivity index (χ1) is 17.1. The van der Waals surface area contributed by atoms with Crippen LogP contribution in [-0.2, 0) is 16.4 Å². The van der Waals surface area contributed by atoms with E-state index in [1.54, 1.807) is 25.6 Å². The van der Waals surface area contributed by atoms with Gasteiger partial charge in [-0.25, -0.2) is 13.1 Å². The monoisotopic (exact) mass is 524 g/mol. The number of sulfonamides is 1. The highest BCUT2D eigenvalue weighted by atomic mass is 32.2. The maximum atomic E-state index is 13.4. The van der Waals surface area contributed by atoms with Crippen LogP contribution in [0, 0.1) is 0 Å². The Bertz CT molecular complexity index is 1300. The van der Waals surface area contributed by atoms with Gasteiger partial charge in [0, 0.05) is 12.1 Å². The van der Waals surface area contributed by atoms with E-state index in [4.69, 9.17) is 4.74 Å². The number of rotatable bonds is 8. The van der Waals surface area contributed by atoms with Gasteiger partial charge in [-0.05, 0) is 67.5 Å². The Morgan fingerprint density at radius 2 is 1.83 bits per heavy atom. The molecule has 3 aromatic rings. The zero-order valence-electron chi connectivity index (χ0n) is 19.8. The molecule has 2 atom stereocenters. The Morgan fingerprint density at radius 3 is 2.50 bits per heavy atom. The molecule has 1 aliphatic carbocycles. The summed E-state index contributed by atoms with van der Waals surface area (Å²) < 4.78 is 80.0. The summed E-state index contributed by atoms with van der Waals surface area (Å²) in [5.74, 6) is -0.255. The Kier molecular flexibility index (Phi) is 7.55. The summed E-state index contributed by atoms with van der Waals surface area (Å²) in [5, 5.41) is 7.67. The molecule has 1 aromatic heterocycles.